The first-order chi connectivity index (χ1) is 11.7. The van der Waals surface area contributed by atoms with E-state index in [0.717, 1.165) is 57.4 Å². The van der Waals surface area contributed by atoms with E-state index >= 15 is 0 Å². The predicted molar refractivity (Wildman–Crippen MR) is 116 cm³/mol. The van der Waals surface area contributed by atoms with Gasteiger partial charge >= 0.3 is 0 Å². The lowest BCUT2D eigenvalue weighted by molar-refractivity contribution is 0.197. The minimum Gasteiger partial charge on any atom is -0.493 e. The third kappa shape index (κ3) is 12.0. The summed E-state index contributed by atoms with van der Waals surface area (Å²) in [6.45, 7) is 10.4. The summed E-state index contributed by atoms with van der Waals surface area (Å²) in [4.78, 5) is 4.53. The molecule has 0 spiro atoms. The molecule has 0 radical (unpaired) electrons. The minimum absolute atomic E-state index is 0. The van der Waals surface area contributed by atoms with Crippen molar-refractivity contribution in [1.82, 2.24) is 10.6 Å². The van der Waals surface area contributed by atoms with Gasteiger partial charge in [-0.1, -0.05) is 26.0 Å². The van der Waals surface area contributed by atoms with Crippen molar-refractivity contribution in [3.05, 3.63) is 29.8 Å². The average molecular weight is 463 g/mol. The molecule has 0 amide bonds. The quantitative estimate of drug-likeness (QED) is 0.229. The van der Waals surface area contributed by atoms with Gasteiger partial charge in [-0.15, -0.1) is 24.0 Å². The van der Waals surface area contributed by atoms with Crippen molar-refractivity contribution in [3.63, 3.8) is 0 Å². The number of halogens is 1. The fraction of sp³-hybridized carbons (Fsp3) is 0.632. The number of ether oxygens (including phenoxy) is 2. The normalized spacial score (nSPS) is 11.2. The van der Waals surface area contributed by atoms with Gasteiger partial charge in [0.2, 0.25) is 0 Å². The van der Waals surface area contributed by atoms with Gasteiger partial charge in [0.25, 0.3) is 0 Å². The molecule has 0 heterocycles. The molecule has 0 unspecified atom stereocenters. The zero-order chi connectivity index (χ0) is 17.6. The Kier molecular flexibility index (Phi) is 14.6. The Morgan fingerprint density at radius 3 is 2.48 bits per heavy atom. The molecule has 1 rings (SSSR count). The molecule has 0 aliphatic rings. The summed E-state index contributed by atoms with van der Waals surface area (Å²) in [6, 6.07) is 8.34. The third-order valence-electron chi connectivity index (χ3n) is 3.33. The zero-order valence-corrected chi connectivity index (χ0v) is 18.3. The summed E-state index contributed by atoms with van der Waals surface area (Å²) in [5.41, 5.74) is 1.29. The zero-order valence-electron chi connectivity index (χ0n) is 16.0. The largest absolute Gasteiger partial charge is 0.493 e. The van der Waals surface area contributed by atoms with Crippen molar-refractivity contribution in [2.45, 2.75) is 33.6 Å². The van der Waals surface area contributed by atoms with E-state index in [9.17, 15) is 0 Å². The number of methoxy groups -OCH3 is 1. The second kappa shape index (κ2) is 15.3. The number of rotatable bonds is 11. The molecule has 5 nitrogen and oxygen atoms in total. The van der Waals surface area contributed by atoms with Crippen molar-refractivity contribution in [2.75, 3.05) is 40.0 Å². The Hall–Kier alpha value is -1.02. The van der Waals surface area contributed by atoms with Crippen LogP contribution in [0, 0.1) is 5.92 Å². The maximum absolute atomic E-state index is 5.71. The van der Waals surface area contributed by atoms with Crippen LogP contribution in [-0.4, -0.2) is 45.9 Å². The standard InChI is InChI=1S/C19H33N3O2.HI/c1-5-20-19(21-12-6-14-23-4)22-13-11-17-7-9-18(10-8-17)24-15-16(2)3;/h7-10,16H,5-6,11-15H2,1-4H3,(H2,20,21,22);1H. The second-order valence-electron chi connectivity index (χ2n) is 6.13. The van der Waals surface area contributed by atoms with E-state index in [0.29, 0.717) is 5.92 Å². The number of hydrogen-bond donors (Lipinski definition) is 2. The van der Waals surface area contributed by atoms with Crippen molar-refractivity contribution < 1.29 is 9.47 Å². The predicted octanol–water partition coefficient (Wildman–Crippen LogP) is 3.47. The molecular formula is C19H34IN3O2. The molecule has 25 heavy (non-hydrogen) atoms. The van der Waals surface area contributed by atoms with Gasteiger partial charge in [0.05, 0.1) is 6.61 Å². The molecule has 144 valence electrons. The van der Waals surface area contributed by atoms with Gasteiger partial charge < -0.3 is 20.1 Å². The van der Waals surface area contributed by atoms with Gasteiger partial charge in [-0.25, -0.2) is 0 Å². The van der Waals surface area contributed by atoms with Crippen LogP contribution >= 0.6 is 24.0 Å². The first kappa shape index (κ1) is 24.0. The van der Waals surface area contributed by atoms with Crippen LogP contribution in [0.2, 0.25) is 0 Å². The summed E-state index contributed by atoms with van der Waals surface area (Å²) >= 11 is 0. The van der Waals surface area contributed by atoms with Crippen LogP contribution in [0.15, 0.2) is 29.3 Å². The van der Waals surface area contributed by atoms with Gasteiger partial charge in [-0.2, -0.15) is 0 Å². The Balaban J connectivity index is 0.00000576. The van der Waals surface area contributed by atoms with Crippen LogP contribution < -0.4 is 15.4 Å². The minimum atomic E-state index is 0. The van der Waals surface area contributed by atoms with Crippen LogP contribution in [0.4, 0.5) is 0 Å². The summed E-state index contributed by atoms with van der Waals surface area (Å²) < 4.78 is 10.7. The first-order valence-electron chi connectivity index (χ1n) is 8.88. The fourth-order valence-corrected chi connectivity index (χ4v) is 2.08. The SMILES string of the molecule is CCNC(=NCCCOC)NCCc1ccc(OCC(C)C)cc1.I. The molecule has 0 fully saturated rings. The molecule has 1 aromatic rings. The second-order valence-corrected chi connectivity index (χ2v) is 6.13. The van der Waals surface area contributed by atoms with Crippen LogP contribution in [0.5, 0.6) is 5.75 Å². The Bertz CT molecular complexity index is 464. The lowest BCUT2D eigenvalue weighted by Crippen LogP contribution is -2.38. The first-order valence-corrected chi connectivity index (χ1v) is 8.88. The van der Waals surface area contributed by atoms with Crippen molar-refractivity contribution in [2.24, 2.45) is 10.9 Å². The number of hydrogen-bond acceptors (Lipinski definition) is 3. The van der Waals surface area contributed by atoms with E-state index in [2.05, 4.69) is 48.5 Å². The number of aliphatic imine (C=N–C) groups is 1. The molecule has 0 atom stereocenters. The van der Waals surface area contributed by atoms with E-state index in [1.165, 1.54) is 5.56 Å². The molecular weight excluding hydrogens is 429 g/mol. The Morgan fingerprint density at radius 2 is 1.88 bits per heavy atom. The molecule has 0 aromatic heterocycles. The van der Waals surface area contributed by atoms with Gasteiger partial charge in [0.1, 0.15) is 5.75 Å². The maximum atomic E-state index is 5.71. The van der Waals surface area contributed by atoms with Crippen LogP contribution in [0.25, 0.3) is 0 Å². The number of guanidine groups is 1. The monoisotopic (exact) mass is 463 g/mol. The van der Waals surface area contributed by atoms with Gasteiger partial charge in [0.15, 0.2) is 5.96 Å². The van der Waals surface area contributed by atoms with E-state index in [1.807, 2.05) is 12.1 Å². The third-order valence-corrected chi connectivity index (χ3v) is 3.33. The van der Waals surface area contributed by atoms with E-state index in [1.54, 1.807) is 7.11 Å². The van der Waals surface area contributed by atoms with E-state index < -0.39 is 0 Å². The smallest absolute Gasteiger partial charge is 0.191 e. The number of benzene rings is 1. The molecule has 1 aromatic carbocycles. The van der Waals surface area contributed by atoms with Crippen LogP contribution in [0.3, 0.4) is 0 Å². The summed E-state index contributed by atoms with van der Waals surface area (Å²) in [7, 11) is 1.71. The highest BCUT2D eigenvalue weighted by atomic mass is 127. The van der Waals surface area contributed by atoms with Gasteiger partial charge in [-0.05, 0) is 43.4 Å². The lowest BCUT2D eigenvalue weighted by Gasteiger charge is -2.12. The highest BCUT2D eigenvalue weighted by Crippen LogP contribution is 2.13. The molecule has 2 N–H and O–H groups in total. The lowest BCUT2D eigenvalue weighted by atomic mass is 10.1. The van der Waals surface area contributed by atoms with Crippen molar-refractivity contribution in [1.29, 1.82) is 0 Å². The van der Waals surface area contributed by atoms with E-state index in [4.69, 9.17) is 9.47 Å². The van der Waals surface area contributed by atoms with Crippen LogP contribution in [0.1, 0.15) is 32.8 Å². The van der Waals surface area contributed by atoms with Crippen LogP contribution in [-0.2, 0) is 11.2 Å². The topological polar surface area (TPSA) is 54.9 Å². The Morgan fingerprint density at radius 1 is 1.16 bits per heavy atom. The molecule has 0 bridgehead atoms. The van der Waals surface area contributed by atoms with Gasteiger partial charge in [-0.3, -0.25) is 4.99 Å². The molecule has 0 aliphatic heterocycles. The molecule has 6 heteroatoms. The van der Waals surface area contributed by atoms with Gasteiger partial charge in [0, 0.05) is 33.4 Å². The number of nitrogens with one attached hydrogen (secondary N) is 2. The van der Waals surface area contributed by atoms with Crippen molar-refractivity contribution >= 4 is 29.9 Å². The fourth-order valence-electron chi connectivity index (χ4n) is 2.08. The summed E-state index contributed by atoms with van der Waals surface area (Å²) in [5.74, 6) is 2.35. The number of nitrogens with zero attached hydrogens (tertiary/aromatic N) is 1. The van der Waals surface area contributed by atoms with E-state index in [-0.39, 0.29) is 24.0 Å². The molecule has 0 saturated heterocycles. The van der Waals surface area contributed by atoms with Crippen molar-refractivity contribution in [3.8, 4) is 5.75 Å². The molecule has 0 saturated carbocycles. The Labute approximate surface area is 170 Å². The highest BCUT2D eigenvalue weighted by Gasteiger charge is 2.00. The average Bonchev–Trinajstić information content (AvgIpc) is 2.58. The maximum Gasteiger partial charge on any atom is 0.191 e. The molecule has 0 aliphatic carbocycles. The summed E-state index contributed by atoms with van der Waals surface area (Å²) in [6.07, 6.45) is 1.89. The summed E-state index contributed by atoms with van der Waals surface area (Å²) in [5, 5.41) is 6.63. The highest BCUT2D eigenvalue weighted by molar-refractivity contribution is 14.0.